The molecule has 1 aromatic carbocycles. The number of rotatable bonds is 7. The van der Waals surface area contributed by atoms with Crippen molar-refractivity contribution < 1.29 is 15.0 Å². The molecule has 2 rings (SSSR count). The molecule has 0 aliphatic rings. The van der Waals surface area contributed by atoms with E-state index in [-0.39, 0.29) is 12.2 Å². The summed E-state index contributed by atoms with van der Waals surface area (Å²) in [5.41, 5.74) is 0.938. The first kappa shape index (κ1) is 15.3. The molecule has 1 atom stereocenters. The molecule has 0 saturated carbocycles. The van der Waals surface area contributed by atoms with Crippen LogP contribution in [0.2, 0.25) is 0 Å². The summed E-state index contributed by atoms with van der Waals surface area (Å²) < 4.78 is 0. The fraction of sp³-hybridized carbons (Fsp3) is 0.375. The lowest BCUT2D eigenvalue weighted by Crippen LogP contribution is -2.17. The van der Waals surface area contributed by atoms with Crippen molar-refractivity contribution in [2.24, 2.45) is 5.92 Å². The Bertz CT molecular complexity index is 628. The van der Waals surface area contributed by atoms with E-state index in [0.717, 1.165) is 17.3 Å². The van der Waals surface area contributed by atoms with Crippen LogP contribution in [0.1, 0.15) is 30.1 Å². The maximum atomic E-state index is 11.4. The SMILES string of the molecule is CCC(CCO)CNc1nc2ccccc2cc1C(=O)O. The lowest BCUT2D eigenvalue weighted by Gasteiger charge is -2.16. The zero-order valence-electron chi connectivity index (χ0n) is 12.0. The maximum Gasteiger partial charge on any atom is 0.339 e. The minimum Gasteiger partial charge on any atom is -0.478 e. The molecule has 2 aromatic rings. The monoisotopic (exact) mass is 288 g/mol. The number of pyridine rings is 1. The minimum atomic E-state index is -0.994. The van der Waals surface area contributed by atoms with E-state index in [2.05, 4.69) is 10.3 Å². The van der Waals surface area contributed by atoms with Gasteiger partial charge in [0.2, 0.25) is 0 Å². The maximum absolute atomic E-state index is 11.4. The number of aromatic carboxylic acids is 1. The summed E-state index contributed by atoms with van der Waals surface area (Å²) in [6, 6.07) is 9.08. The third kappa shape index (κ3) is 3.70. The molecule has 0 aliphatic carbocycles. The van der Waals surface area contributed by atoms with Gasteiger partial charge in [-0.05, 0) is 24.5 Å². The molecule has 0 spiro atoms. The summed E-state index contributed by atoms with van der Waals surface area (Å²) >= 11 is 0. The second-order valence-electron chi connectivity index (χ2n) is 5.05. The summed E-state index contributed by atoms with van der Waals surface area (Å²) in [5.74, 6) is -0.312. The Morgan fingerprint density at radius 2 is 2.14 bits per heavy atom. The van der Waals surface area contributed by atoms with Gasteiger partial charge in [0.25, 0.3) is 0 Å². The summed E-state index contributed by atoms with van der Waals surface area (Å²) in [6.07, 6.45) is 1.61. The Balaban J connectivity index is 2.28. The van der Waals surface area contributed by atoms with Crippen LogP contribution in [0.4, 0.5) is 5.82 Å². The van der Waals surface area contributed by atoms with Gasteiger partial charge in [-0.1, -0.05) is 31.5 Å². The fourth-order valence-electron chi connectivity index (χ4n) is 2.29. The summed E-state index contributed by atoms with van der Waals surface area (Å²) in [4.78, 5) is 15.8. The number of nitrogens with one attached hydrogen (secondary N) is 1. The molecule has 0 aliphatic heterocycles. The van der Waals surface area contributed by atoms with Crippen LogP contribution < -0.4 is 5.32 Å². The Labute approximate surface area is 123 Å². The van der Waals surface area contributed by atoms with Gasteiger partial charge < -0.3 is 15.5 Å². The Morgan fingerprint density at radius 1 is 1.38 bits per heavy atom. The molecular formula is C16H20N2O3. The highest BCUT2D eigenvalue weighted by Crippen LogP contribution is 2.21. The van der Waals surface area contributed by atoms with E-state index < -0.39 is 5.97 Å². The van der Waals surface area contributed by atoms with Gasteiger partial charge >= 0.3 is 5.97 Å². The number of benzene rings is 1. The van der Waals surface area contributed by atoms with Gasteiger partial charge in [-0.3, -0.25) is 0 Å². The number of carboxylic acid groups (broad SMARTS) is 1. The molecule has 1 heterocycles. The lowest BCUT2D eigenvalue weighted by molar-refractivity contribution is 0.0697. The molecule has 21 heavy (non-hydrogen) atoms. The van der Waals surface area contributed by atoms with Crippen LogP contribution >= 0.6 is 0 Å². The summed E-state index contributed by atoms with van der Waals surface area (Å²) in [5, 5.41) is 22.3. The molecule has 112 valence electrons. The number of aromatic nitrogens is 1. The smallest absolute Gasteiger partial charge is 0.339 e. The van der Waals surface area contributed by atoms with E-state index in [1.165, 1.54) is 0 Å². The van der Waals surface area contributed by atoms with Gasteiger partial charge in [0.05, 0.1) is 5.52 Å². The van der Waals surface area contributed by atoms with Crippen LogP contribution in [-0.4, -0.2) is 34.3 Å². The molecule has 1 unspecified atom stereocenters. The molecule has 3 N–H and O–H groups in total. The molecule has 1 aromatic heterocycles. The number of hydrogen-bond donors (Lipinski definition) is 3. The number of hydrogen-bond acceptors (Lipinski definition) is 4. The van der Waals surface area contributed by atoms with Crippen LogP contribution in [0.15, 0.2) is 30.3 Å². The molecule has 5 heteroatoms. The van der Waals surface area contributed by atoms with Crippen molar-refractivity contribution in [3.05, 3.63) is 35.9 Å². The Kier molecular flexibility index (Phi) is 5.11. The zero-order chi connectivity index (χ0) is 15.2. The van der Waals surface area contributed by atoms with Gasteiger partial charge in [-0.25, -0.2) is 9.78 Å². The van der Waals surface area contributed by atoms with Crippen molar-refractivity contribution in [3.63, 3.8) is 0 Å². The number of aliphatic hydroxyl groups is 1. The molecule has 0 radical (unpaired) electrons. The zero-order valence-corrected chi connectivity index (χ0v) is 12.0. The molecule has 0 saturated heterocycles. The van der Waals surface area contributed by atoms with E-state index in [9.17, 15) is 9.90 Å². The van der Waals surface area contributed by atoms with Crippen molar-refractivity contribution in [1.29, 1.82) is 0 Å². The van der Waals surface area contributed by atoms with Gasteiger partial charge in [0.15, 0.2) is 0 Å². The predicted molar refractivity (Wildman–Crippen MR) is 82.7 cm³/mol. The number of para-hydroxylation sites is 1. The molecule has 0 amide bonds. The van der Waals surface area contributed by atoms with Gasteiger partial charge in [0, 0.05) is 18.5 Å². The highest BCUT2D eigenvalue weighted by molar-refractivity contribution is 5.98. The largest absolute Gasteiger partial charge is 0.478 e. The summed E-state index contributed by atoms with van der Waals surface area (Å²) in [6.45, 7) is 2.79. The summed E-state index contributed by atoms with van der Waals surface area (Å²) in [7, 11) is 0. The number of nitrogens with zero attached hydrogens (tertiary/aromatic N) is 1. The number of fused-ring (bicyclic) bond motifs is 1. The van der Waals surface area contributed by atoms with Gasteiger partial charge in [-0.15, -0.1) is 0 Å². The number of carboxylic acids is 1. The minimum absolute atomic E-state index is 0.136. The van der Waals surface area contributed by atoms with Crippen LogP contribution in [0.5, 0.6) is 0 Å². The first-order valence-electron chi connectivity index (χ1n) is 7.13. The van der Waals surface area contributed by atoms with Crippen LogP contribution in [0.3, 0.4) is 0 Å². The lowest BCUT2D eigenvalue weighted by atomic mass is 10.0. The predicted octanol–water partition coefficient (Wildman–Crippen LogP) is 2.75. The molecule has 5 nitrogen and oxygen atoms in total. The number of carbonyl (C=O) groups is 1. The quantitative estimate of drug-likeness (QED) is 0.729. The van der Waals surface area contributed by atoms with E-state index in [0.29, 0.717) is 24.7 Å². The van der Waals surface area contributed by atoms with Crippen LogP contribution in [0, 0.1) is 5.92 Å². The highest BCUT2D eigenvalue weighted by atomic mass is 16.4. The Hall–Kier alpha value is -2.14. The number of aliphatic hydroxyl groups excluding tert-OH is 1. The fourth-order valence-corrected chi connectivity index (χ4v) is 2.29. The van der Waals surface area contributed by atoms with Crippen molar-refractivity contribution in [3.8, 4) is 0 Å². The standard InChI is InChI=1S/C16H20N2O3/c1-2-11(7-8-19)10-17-15-13(16(20)21)9-12-5-3-4-6-14(12)18-15/h3-6,9,11,19H,2,7-8,10H2,1H3,(H,17,18)(H,20,21). The first-order chi connectivity index (χ1) is 10.2. The molecular weight excluding hydrogens is 268 g/mol. The van der Waals surface area contributed by atoms with Crippen molar-refractivity contribution >= 4 is 22.7 Å². The third-order valence-electron chi connectivity index (χ3n) is 3.63. The van der Waals surface area contributed by atoms with E-state index >= 15 is 0 Å². The van der Waals surface area contributed by atoms with Gasteiger partial charge in [-0.2, -0.15) is 0 Å². The van der Waals surface area contributed by atoms with Crippen molar-refractivity contribution in [2.75, 3.05) is 18.5 Å². The van der Waals surface area contributed by atoms with E-state index in [1.807, 2.05) is 31.2 Å². The van der Waals surface area contributed by atoms with Gasteiger partial charge in [0.1, 0.15) is 11.4 Å². The second-order valence-corrected chi connectivity index (χ2v) is 5.05. The topological polar surface area (TPSA) is 82.5 Å². The van der Waals surface area contributed by atoms with E-state index in [1.54, 1.807) is 6.07 Å². The number of anilines is 1. The van der Waals surface area contributed by atoms with Crippen molar-refractivity contribution in [2.45, 2.75) is 19.8 Å². The van der Waals surface area contributed by atoms with Crippen LogP contribution in [0.25, 0.3) is 10.9 Å². The second kappa shape index (κ2) is 7.04. The third-order valence-corrected chi connectivity index (χ3v) is 3.63. The highest BCUT2D eigenvalue weighted by Gasteiger charge is 2.14. The van der Waals surface area contributed by atoms with Crippen LogP contribution in [-0.2, 0) is 0 Å². The first-order valence-corrected chi connectivity index (χ1v) is 7.13. The Morgan fingerprint density at radius 3 is 2.81 bits per heavy atom. The average molecular weight is 288 g/mol. The normalized spacial score (nSPS) is 12.3. The molecule has 0 bridgehead atoms. The average Bonchev–Trinajstić information content (AvgIpc) is 2.50. The molecule has 0 fully saturated rings. The van der Waals surface area contributed by atoms with E-state index in [4.69, 9.17) is 5.11 Å². The van der Waals surface area contributed by atoms with Crippen molar-refractivity contribution in [1.82, 2.24) is 4.98 Å².